The summed E-state index contributed by atoms with van der Waals surface area (Å²) in [6.45, 7) is 6.02. The first-order chi connectivity index (χ1) is 22.5. The smallest absolute Gasteiger partial charge is 0.306 e. The Balaban J connectivity index is 1.69. The van der Waals surface area contributed by atoms with Crippen LogP contribution in [-0.2, 0) is 25.6 Å². The molecule has 0 spiro atoms. The summed E-state index contributed by atoms with van der Waals surface area (Å²) in [7, 11) is 3.13. The molecule has 3 aromatic carbocycles. The number of carbonyl (C=O) groups is 2. The Bertz CT molecular complexity index is 1560. The molecule has 0 aromatic heterocycles. The lowest BCUT2D eigenvalue weighted by Crippen LogP contribution is -2.52. The lowest BCUT2D eigenvalue weighted by Gasteiger charge is -2.31. The zero-order valence-corrected chi connectivity index (χ0v) is 28.9. The Labute approximate surface area is 283 Å². The first kappa shape index (κ1) is 35.7. The molecular weight excluding hydrogens is 670 g/mol. The van der Waals surface area contributed by atoms with Crippen molar-refractivity contribution in [2.45, 2.75) is 63.8 Å². The zero-order chi connectivity index (χ0) is 34.0. The molecule has 0 unspecified atom stereocenters. The van der Waals surface area contributed by atoms with Crippen molar-refractivity contribution in [1.82, 2.24) is 10.9 Å². The lowest BCUT2D eigenvalue weighted by molar-refractivity contribution is -0.155. The number of hydrogen-bond acceptors (Lipinski definition) is 10. The topological polar surface area (TPSA) is 137 Å². The van der Waals surface area contributed by atoms with Crippen LogP contribution >= 0.6 is 15.9 Å². The van der Waals surface area contributed by atoms with E-state index in [1.54, 1.807) is 71.4 Å². The van der Waals surface area contributed by atoms with Crippen LogP contribution in [0.1, 0.15) is 62.8 Å². The van der Waals surface area contributed by atoms with Gasteiger partial charge in [-0.2, -0.15) is 0 Å². The fraction of sp³-hybridized carbons (Fsp3) is 0.400. The Morgan fingerprint density at radius 2 is 1.74 bits per heavy atom. The van der Waals surface area contributed by atoms with E-state index in [4.69, 9.17) is 33.8 Å². The molecule has 0 saturated heterocycles. The molecule has 0 fully saturated rings. The first-order valence-corrected chi connectivity index (χ1v) is 16.1. The number of carbonyl (C=O) groups excluding carboxylic acids is 2. The maximum atomic E-state index is 14.4. The standard InChI is InChI=1S/C35H42BrN3O8/c1-34(2,3)47-30(41)17-18-35(33(42)39-37-22-24-13-16-26(43-4)21-29(24)44-5)31(27-9-6-7-10-28(27)36)46-32(38-35)23-11-14-25(15-12-23)45-20-8-19-40/h6-7,9-16,21,31,37,40H,8,17-20,22H2,1-5H3,(H,39,42)/t31-,35-/m0/s1. The van der Waals surface area contributed by atoms with Crippen LogP contribution in [-0.4, -0.2) is 61.5 Å². The first-order valence-electron chi connectivity index (χ1n) is 15.3. The van der Waals surface area contributed by atoms with Crippen LogP contribution in [0.15, 0.2) is 76.2 Å². The summed E-state index contributed by atoms with van der Waals surface area (Å²) in [6.07, 6.45) is -0.470. The molecule has 1 aliphatic rings. The minimum Gasteiger partial charge on any atom is -0.497 e. The van der Waals surface area contributed by atoms with E-state index >= 15 is 0 Å². The van der Waals surface area contributed by atoms with Crippen molar-refractivity contribution in [3.05, 3.63) is 87.9 Å². The van der Waals surface area contributed by atoms with E-state index in [0.29, 0.717) is 41.4 Å². The van der Waals surface area contributed by atoms with E-state index in [1.807, 2.05) is 30.3 Å². The van der Waals surface area contributed by atoms with E-state index in [-0.39, 0.29) is 31.9 Å². The highest BCUT2D eigenvalue weighted by atomic mass is 79.9. The lowest BCUT2D eigenvalue weighted by atomic mass is 9.83. The van der Waals surface area contributed by atoms with Crippen molar-refractivity contribution in [2.75, 3.05) is 27.4 Å². The molecular formula is C35H42BrN3O8. The monoisotopic (exact) mass is 711 g/mol. The van der Waals surface area contributed by atoms with Crippen LogP contribution in [0.5, 0.6) is 17.2 Å². The molecule has 4 rings (SSSR count). The van der Waals surface area contributed by atoms with Crippen LogP contribution < -0.4 is 25.1 Å². The molecule has 12 heteroatoms. The number of nitrogens with one attached hydrogen (secondary N) is 2. The number of aliphatic hydroxyl groups is 1. The minimum atomic E-state index is -1.57. The van der Waals surface area contributed by atoms with Gasteiger partial charge < -0.3 is 28.8 Å². The summed E-state index contributed by atoms with van der Waals surface area (Å²) < 4.78 is 29.3. The second kappa shape index (κ2) is 16.1. The van der Waals surface area contributed by atoms with Crippen LogP contribution in [0.4, 0.5) is 0 Å². The highest BCUT2D eigenvalue weighted by Gasteiger charge is 2.54. The Kier molecular flexibility index (Phi) is 12.3. The van der Waals surface area contributed by atoms with Gasteiger partial charge in [0, 0.05) is 53.2 Å². The second-order valence-electron chi connectivity index (χ2n) is 11.9. The number of esters is 1. The molecule has 3 N–H and O–H groups in total. The van der Waals surface area contributed by atoms with Gasteiger partial charge in [0.1, 0.15) is 22.8 Å². The third-order valence-corrected chi connectivity index (χ3v) is 8.05. The number of nitrogens with zero attached hydrogens (tertiary/aromatic N) is 1. The highest BCUT2D eigenvalue weighted by molar-refractivity contribution is 9.10. The average molecular weight is 713 g/mol. The van der Waals surface area contributed by atoms with Crippen molar-refractivity contribution < 1.29 is 38.4 Å². The van der Waals surface area contributed by atoms with Gasteiger partial charge in [0.05, 0.1) is 20.8 Å². The maximum absolute atomic E-state index is 14.4. The number of hydrogen-bond donors (Lipinski definition) is 3. The molecule has 47 heavy (non-hydrogen) atoms. The zero-order valence-electron chi connectivity index (χ0n) is 27.3. The van der Waals surface area contributed by atoms with Gasteiger partial charge >= 0.3 is 5.97 Å². The van der Waals surface area contributed by atoms with Gasteiger partial charge in [-0.25, -0.2) is 10.4 Å². The molecule has 1 aliphatic heterocycles. The predicted octanol–water partition coefficient (Wildman–Crippen LogP) is 5.43. The fourth-order valence-corrected chi connectivity index (χ4v) is 5.54. The average Bonchev–Trinajstić information content (AvgIpc) is 3.44. The SMILES string of the molecule is COc1ccc(CNNC(=O)[C@@]2(CCC(=O)OC(C)(C)C)N=C(c3ccc(OCCCO)cc3)O[C@H]2c2ccccc2Br)c(OC)c1. The van der Waals surface area contributed by atoms with Gasteiger partial charge in [-0.15, -0.1) is 0 Å². The van der Waals surface area contributed by atoms with Crippen molar-refractivity contribution in [2.24, 2.45) is 4.99 Å². The summed E-state index contributed by atoms with van der Waals surface area (Å²) in [5.74, 6) is 1.14. The number of amides is 1. The molecule has 0 aliphatic carbocycles. The number of ether oxygens (including phenoxy) is 5. The number of aliphatic hydroxyl groups excluding tert-OH is 1. The van der Waals surface area contributed by atoms with Gasteiger partial charge in [0.15, 0.2) is 11.6 Å². The van der Waals surface area contributed by atoms with E-state index in [1.165, 1.54) is 0 Å². The van der Waals surface area contributed by atoms with E-state index in [2.05, 4.69) is 26.8 Å². The van der Waals surface area contributed by atoms with E-state index in [0.717, 1.165) is 10.0 Å². The van der Waals surface area contributed by atoms with Gasteiger partial charge in [0.2, 0.25) is 5.90 Å². The Hall–Kier alpha value is -4.13. The Morgan fingerprint density at radius 3 is 2.40 bits per heavy atom. The van der Waals surface area contributed by atoms with Crippen molar-refractivity contribution in [1.29, 1.82) is 0 Å². The number of hydrazine groups is 1. The fourth-order valence-electron chi connectivity index (χ4n) is 5.05. The molecule has 0 radical (unpaired) electrons. The van der Waals surface area contributed by atoms with E-state index < -0.39 is 29.1 Å². The summed E-state index contributed by atoms with van der Waals surface area (Å²) in [5.41, 5.74) is 5.66. The molecule has 2 atom stereocenters. The number of methoxy groups -OCH3 is 2. The maximum Gasteiger partial charge on any atom is 0.306 e. The van der Waals surface area contributed by atoms with Crippen molar-refractivity contribution in [3.8, 4) is 17.2 Å². The van der Waals surface area contributed by atoms with Gasteiger partial charge in [-0.3, -0.25) is 15.0 Å². The molecule has 0 saturated carbocycles. The Morgan fingerprint density at radius 1 is 1.02 bits per heavy atom. The van der Waals surface area contributed by atoms with Crippen LogP contribution in [0.3, 0.4) is 0 Å². The quantitative estimate of drug-likeness (QED) is 0.107. The van der Waals surface area contributed by atoms with E-state index in [9.17, 15) is 9.59 Å². The van der Waals surface area contributed by atoms with Crippen molar-refractivity contribution >= 4 is 33.7 Å². The third-order valence-electron chi connectivity index (χ3n) is 7.32. The summed E-state index contributed by atoms with van der Waals surface area (Å²) >= 11 is 3.63. The molecule has 1 amide bonds. The van der Waals surface area contributed by atoms with Gasteiger partial charge in [-0.05, 0) is 63.6 Å². The largest absolute Gasteiger partial charge is 0.497 e. The minimum absolute atomic E-state index is 0.000854. The van der Waals surface area contributed by atoms with Gasteiger partial charge in [-0.1, -0.05) is 40.2 Å². The summed E-state index contributed by atoms with van der Waals surface area (Å²) in [5, 5.41) is 9.06. The van der Waals surface area contributed by atoms with Crippen LogP contribution in [0.25, 0.3) is 0 Å². The molecule has 0 bridgehead atoms. The predicted molar refractivity (Wildman–Crippen MR) is 180 cm³/mol. The third kappa shape index (κ3) is 9.24. The second-order valence-corrected chi connectivity index (χ2v) is 12.7. The number of rotatable bonds is 15. The van der Waals surface area contributed by atoms with Crippen LogP contribution in [0, 0.1) is 0 Å². The number of halogens is 1. The molecule has 252 valence electrons. The number of benzene rings is 3. The number of aliphatic imine (C=N–C) groups is 1. The van der Waals surface area contributed by atoms with Crippen LogP contribution in [0.2, 0.25) is 0 Å². The molecule has 1 heterocycles. The molecule has 3 aromatic rings. The summed E-state index contributed by atoms with van der Waals surface area (Å²) in [6, 6.07) is 20.0. The van der Waals surface area contributed by atoms with Gasteiger partial charge in [0.25, 0.3) is 5.91 Å². The molecule has 11 nitrogen and oxygen atoms in total. The van der Waals surface area contributed by atoms with Crippen molar-refractivity contribution in [3.63, 3.8) is 0 Å². The summed E-state index contributed by atoms with van der Waals surface area (Å²) in [4.78, 5) is 32.3. The highest BCUT2D eigenvalue weighted by Crippen LogP contribution is 2.45. The normalized spacial score (nSPS) is 17.3.